The Labute approximate surface area is 279 Å². The van der Waals surface area contributed by atoms with Crippen molar-refractivity contribution in [3.63, 3.8) is 0 Å². The van der Waals surface area contributed by atoms with Gasteiger partial charge in [0.25, 0.3) is 0 Å². The zero-order chi connectivity index (χ0) is 32.6. The molecule has 232 valence electrons. The molecule has 1 aromatic heterocycles. The molecule has 0 saturated carbocycles. The van der Waals surface area contributed by atoms with Crippen LogP contribution in [0.2, 0.25) is 0 Å². The molecule has 7 aromatic rings. The molecular weight excluding hydrogens is 587 g/mol. The van der Waals surface area contributed by atoms with Crippen LogP contribution in [0.3, 0.4) is 0 Å². The second-order valence-corrected chi connectivity index (χ2v) is 18.8. The first-order valence-corrected chi connectivity index (χ1v) is 18.7. The van der Waals surface area contributed by atoms with Gasteiger partial charge in [0, 0.05) is 16.5 Å². The zero-order valence-corrected chi connectivity index (χ0v) is 29.1. The first kappa shape index (κ1) is 29.5. The molecular formula is C44H41NOSi. The molecule has 0 radical (unpaired) electrons. The predicted octanol–water partition coefficient (Wildman–Crippen LogP) is 8.86. The summed E-state index contributed by atoms with van der Waals surface area (Å²) >= 11 is 0. The summed E-state index contributed by atoms with van der Waals surface area (Å²) in [5.41, 5.74) is 6.41. The molecule has 2 heterocycles. The van der Waals surface area contributed by atoms with Gasteiger partial charge in [-0.2, -0.15) is 0 Å². The van der Waals surface area contributed by atoms with Gasteiger partial charge in [-0.25, -0.2) is 0 Å². The average Bonchev–Trinajstić information content (AvgIpc) is 3.40. The number of ether oxygens (including phenoxy) is 1. The summed E-state index contributed by atoms with van der Waals surface area (Å²) in [5.74, 6) is 1.89. The van der Waals surface area contributed by atoms with Gasteiger partial charge in [0.1, 0.15) is 11.5 Å². The highest BCUT2D eigenvalue weighted by atomic mass is 28.3. The van der Waals surface area contributed by atoms with Gasteiger partial charge in [0.2, 0.25) is 0 Å². The fraction of sp³-hybridized carbons (Fsp3) is 0.182. The number of hydrogen-bond acceptors (Lipinski definition) is 1. The van der Waals surface area contributed by atoms with E-state index >= 15 is 0 Å². The number of hydrogen-bond donors (Lipinski definition) is 0. The predicted molar refractivity (Wildman–Crippen MR) is 202 cm³/mol. The van der Waals surface area contributed by atoms with Gasteiger partial charge in [0.15, 0.2) is 8.07 Å². The molecule has 0 atom stereocenters. The van der Waals surface area contributed by atoms with Crippen LogP contribution < -0.4 is 25.5 Å². The fourth-order valence-electron chi connectivity index (χ4n) is 7.57. The lowest BCUT2D eigenvalue weighted by molar-refractivity contribution is 0.487. The Bertz CT molecular complexity index is 2170. The maximum Gasteiger partial charge on any atom is 0.188 e. The van der Waals surface area contributed by atoms with Crippen molar-refractivity contribution in [1.82, 2.24) is 4.57 Å². The molecule has 1 aliphatic rings. The number of para-hydroxylation sites is 1. The van der Waals surface area contributed by atoms with Crippen LogP contribution in [0.1, 0.15) is 52.7 Å². The maximum absolute atomic E-state index is 6.75. The summed E-state index contributed by atoms with van der Waals surface area (Å²) in [7, 11) is -2.76. The lowest BCUT2D eigenvalue weighted by atomic mass is 9.85. The summed E-state index contributed by atoms with van der Waals surface area (Å²) in [4.78, 5) is 0. The average molecular weight is 628 g/mol. The van der Waals surface area contributed by atoms with E-state index in [4.69, 9.17) is 4.74 Å². The van der Waals surface area contributed by atoms with E-state index in [0.717, 1.165) is 17.2 Å². The summed E-state index contributed by atoms with van der Waals surface area (Å²) in [6.45, 7) is 13.8. The van der Waals surface area contributed by atoms with Crippen LogP contribution in [-0.2, 0) is 10.8 Å². The molecule has 0 aliphatic carbocycles. The van der Waals surface area contributed by atoms with Crippen LogP contribution in [0, 0.1) is 0 Å². The summed E-state index contributed by atoms with van der Waals surface area (Å²) < 4.78 is 9.23. The van der Waals surface area contributed by atoms with E-state index in [1.54, 1.807) is 0 Å². The molecule has 0 amide bonds. The number of fused-ring (bicyclic) bond motifs is 5. The van der Waals surface area contributed by atoms with Gasteiger partial charge < -0.3 is 9.30 Å². The minimum atomic E-state index is -2.76. The third-order valence-corrected chi connectivity index (χ3v) is 14.9. The molecule has 6 aromatic carbocycles. The number of rotatable bonds is 3. The van der Waals surface area contributed by atoms with E-state index in [-0.39, 0.29) is 10.8 Å². The highest BCUT2D eigenvalue weighted by Crippen LogP contribution is 2.38. The van der Waals surface area contributed by atoms with Crippen LogP contribution in [0.5, 0.6) is 11.5 Å². The normalized spacial score (nSPS) is 14.1. The molecule has 8 rings (SSSR count). The molecule has 47 heavy (non-hydrogen) atoms. The molecule has 3 heteroatoms. The van der Waals surface area contributed by atoms with Crippen molar-refractivity contribution in [2.45, 2.75) is 52.4 Å². The Morgan fingerprint density at radius 3 is 1.49 bits per heavy atom. The van der Waals surface area contributed by atoms with E-state index in [1.165, 1.54) is 53.7 Å². The van der Waals surface area contributed by atoms with E-state index in [9.17, 15) is 0 Å². The van der Waals surface area contributed by atoms with Crippen molar-refractivity contribution >= 4 is 50.6 Å². The van der Waals surface area contributed by atoms with E-state index in [1.807, 2.05) is 0 Å². The monoisotopic (exact) mass is 627 g/mol. The largest absolute Gasteiger partial charge is 0.458 e. The third kappa shape index (κ3) is 4.59. The maximum atomic E-state index is 6.75. The first-order chi connectivity index (χ1) is 22.6. The third-order valence-electron chi connectivity index (χ3n) is 10.0. The van der Waals surface area contributed by atoms with Crippen LogP contribution in [-0.4, -0.2) is 12.6 Å². The molecule has 0 N–H and O–H groups in total. The SMILES string of the molecule is CC(C)(C)c1ccc2c(c1)c1cc(C(C)(C)C)ccc1n2-c1ccc2c(c1)[Si](c1ccccc1)(c1ccccc1)c1ccccc1O2. The van der Waals surface area contributed by atoms with E-state index in [2.05, 4.69) is 186 Å². The van der Waals surface area contributed by atoms with Gasteiger partial charge in [-0.1, -0.05) is 133 Å². The zero-order valence-electron chi connectivity index (χ0n) is 28.1. The molecule has 2 nitrogen and oxygen atoms in total. The van der Waals surface area contributed by atoms with Crippen LogP contribution in [0.25, 0.3) is 27.5 Å². The van der Waals surface area contributed by atoms with Crippen molar-refractivity contribution < 1.29 is 4.74 Å². The minimum Gasteiger partial charge on any atom is -0.458 e. The van der Waals surface area contributed by atoms with Gasteiger partial charge in [0.05, 0.1) is 11.0 Å². The number of benzene rings is 6. The second-order valence-electron chi connectivity index (χ2n) is 15.1. The molecule has 0 unspecified atom stereocenters. The Morgan fingerprint density at radius 2 is 0.957 bits per heavy atom. The number of nitrogens with zero attached hydrogens (tertiary/aromatic N) is 1. The molecule has 0 saturated heterocycles. The summed E-state index contributed by atoms with van der Waals surface area (Å²) in [6, 6.07) is 51.9. The minimum absolute atomic E-state index is 0.0529. The molecule has 0 bridgehead atoms. The van der Waals surface area contributed by atoms with Crippen LogP contribution >= 0.6 is 0 Å². The second kappa shape index (κ2) is 10.6. The fourth-order valence-corrected chi connectivity index (χ4v) is 12.5. The van der Waals surface area contributed by atoms with Crippen molar-refractivity contribution in [3.8, 4) is 17.2 Å². The molecule has 0 spiro atoms. The Morgan fingerprint density at radius 1 is 0.468 bits per heavy atom. The Hall–Kier alpha value is -4.86. The van der Waals surface area contributed by atoms with E-state index in [0.29, 0.717) is 0 Å². The van der Waals surface area contributed by atoms with Gasteiger partial charge in [-0.3, -0.25) is 0 Å². The molecule has 0 fully saturated rings. The van der Waals surface area contributed by atoms with Crippen molar-refractivity contribution in [3.05, 3.63) is 151 Å². The highest BCUT2D eigenvalue weighted by Gasteiger charge is 2.48. The van der Waals surface area contributed by atoms with Gasteiger partial charge >= 0.3 is 0 Å². The lowest BCUT2D eigenvalue weighted by Crippen LogP contribution is -2.76. The van der Waals surface area contributed by atoms with E-state index < -0.39 is 8.07 Å². The van der Waals surface area contributed by atoms with Crippen molar-refractivity contribution in [2.75, 3.05) is 0 Å². The van der Waals surface area contributed by atoms with Crippen LogP contribution in [0.15, 0.2) is 140 Å². The van der Waals surface area contributed by atoms with Crippen LogP contribution in [0.4, 0.5) is 0 Å². The number of aromatic nitrogens is 1. The first-order valence-electron chi connectivity index (χ1n) is 16.7. The Balaban J connectivity index is 1.47. The topological polar surface area (TPSA) is 14.2 Å². The van der Waals surface area contributed by atoms with Gasteiger partial charge in [-0.05, 0) is 91.2 Å². The quantitative estimate of drug-likeness (QED) is 0.179. The van der Waals surface area contributed by atoms with Crippen molar-refractivity contribution in [1.29, 1.82) is 0 Å². The Kier molecular flexibility index (Phi) is 6.65. The van der Waals surface area contributed by atoms with Gasteiger partial charge in [-0.15, -0.1) is 0 Å². The van der Waals surface area contributed by atoms with Crippen molar-refractivity contribution in [2.24, 2.45) is 0 Å². The molecule has 1 aliphatic heterocycles. The lowest BCUT2D eigenvalue weighted by Gasteiger charge is -2.39. The summed E-state index contributed by atoms with van der Waals surface area (Å²) in [5, 5.41) is 7.87. The smallest absolute Gasteiger partial charge is 0.188 e. The standard InChI is InChI=1S/C44H41NOSi/c1-43(2,3)30-21-24-37-35(27-30)36-28-31(44(4,5)6)22-25-38(36)45(37)32-23-26-40-42(29-32)47(33-15-9-7-10-16-33,34-17-11-8-12-18-34)41-20-14-13-19-39(41)46-40/h7-29H,1-6H3. The highest BCUT2D eigenvalue weighted by molar-refractivity contribution is 7.20. The summed E-state index contributed by atoms with van der Waals surface area (Å²) in [6.07, 6.45) is 0.